The zero-order valence-electron chi connectivity index (χ0n) is 11.2. The molecule has 8 nitrogen and oxygen atoms in total. The number of alkyl halides is 1. The summed E-state index contributed by atoms with van der Waals surface area (Å²) in [5, 5.41) is 21.6. The van der Waals surface area contributed by atoms with Gasteiger partial charge in [0, 0.05) is 22.9 Å². The van der Waals surface area contributed by atoms with Crippen molar-refractivity contribution < 1.29 is 19.4 Å². The van der Waals surface area contributed by atoms with Crippen LogP contribution in [0.15, 0.2) is 18.2 Å². The number of rotatable bonds is 5. The Morgan fingerprint density at radius 2 is 1.77 bits per heavy atom. The van der Waals surface area contributed by atoms with Gasteiger partial charge >= 0.3 is 5.97 Å². The van der Waals surface area contributed by atoms with E-state index < -0.39 is 27.2 Å². The number of nitro benzene ring substituents is 2. The van der Waals surface area contributed by atoms with E-state index in [4.69, 9.17) is 4.74 Å². The van der Waals surface area contributed by atoms with Crippen molar-refractivity contribution in [1.29, 1.82) is 0 Å². The summed E-state index contributed by atoms with van der Waals surface area (Å²) in [5.41, 5.74) is -0.935. The van der Waals surface area contributed by atoms with E-state index in [9.17, 15) is 25.0 Å². The molecule has 2 aliphatic rings. The van der Waals surface area contributed by atoms with E-state index in [0.29, 0.717) is 10.7 Å². The van der Waals surface area contributed by atoms with Crippen molar-refractivity contribution in [3.63, 3.8) is 0 Å². The van der Waals surface area contributed by atoms with E-state index in [2.05, 4.69) is 15.9 Å². The highest BCUT2D eigenvalue weighted by Gasteiger charge is 2.69. The van der Waals surface area contributed by atoms with Crippen LogP contribution in [-0.2, 0) is 4.74 Å². The third kappa shape index (κ3) is 2.56. The second-order valence-electron chi connectivity index (χ2n) is 5.66. The van der Waals surface area contributed by atoms with Crippen LogP contribution >= 0.6 is 15.9 Å². The SMILES string of the molecule is O=C(OC[C@H]1C[C@@]12C[C@H]2Br)c1cc([N+](=O)[O-])cc([N+](=O)[O-])c1. The summed E-state index contributed by atoms with van der Waals surface area (Å²) in [4.78, 5) is 32.4. The van der Waals surface area contributed by atoms with Gasteiger partial charge in [-0.2, -0.15) is 0 Å². The number of carbonyl (C=O) groups excluding carboxylic acids is 1. The predicted octanol–water partition coefficient (Wildman–Crippen LogP) is 2.83. The first-order valence-corrected chi connectivity index (χ1v) is 7.50. The summed E-state index contributed by atoms with van der Waals surface area (Å²) >= 11 is 3.52. The number of non-ortho nitro benzene ring substituents is 2. The van der Waals surface area contributed by atoms with Crippen LogP contribution in [0.25, 0.3) is 0 Å². The maximum Gasteiger partial charge on any atom is 0.338 e. The van der Waals surface area contributed by atoms with Gasteiger partial charge in [-0.15, -0.1) is 0 Å². The first-order valence-electron chi connectivity index (χ1n) is 6.58. The Bertz CT molecular complexity index is 661. The fourth-order valence-corrected chi connectivity index (χ4v) is 3.88. The summed E-state index contributed by atoms with van der Waals surface area (Å²) in [6.07, 6.45) is 2.06. The molecule has 2 aliphatic carbocycles. The molecule has 3 rings (SSSR count). The Balaban J connectivity index is 1.71. The van der Waals surface area contributed by atoms with E-state index in [1.165, 1.54) is 0 Å². The van der Waals surface area contributed by atoms with Gasteiger partial charge in [-0.3, -0.25) is 20.2 Å². The Morgan fingerprint density at radius 3 is 2.18 bits per heavy atom. The van der Waals surface area contributed by atoms with Crippen molar-refractivity contribution in [3.05, 3.63) is 44.0 Å². The zero-order valence-corrected chi connectivity index (χ0v) is 12.8. The molecular formula is C13H11BrN2O6. The van der Waals surface area contributed by atoms with E-state index in [1.807, 2.05) is 0 Å². The molecule has 116 valence electrons. The molecule has 1 spiro atoms. The van der Waals surface area contributed by atoms with Crippen molar-refractivity contribution in [3.8, 4) is 0 Å². The third-order valence-corrected chi connectivity index (χ3v) is 5.51. The van der Waals surface area contributed by atoms with Crippen molar-refractivity contribution in [2.45, 2.75) is 17.7 Å². The molecule has 0 radical (unpaired) electrons. The molecule has 0 aromatic heterocycles. The summed E-state index contributed by atoms with van der Waals surface area (Å²) in [6.45, 7) is 0.234. The highest BCUT2D eigenvalue weighted by Crippen LogP contribution is 2.73. The fraction of sp³-hybridized carbons (Fsp3) is 0.462. The molecule has 1 aromatic carbocycles. The normalized spacial score (nSPS) is 28.2. The number of benzene rings is 1. The molecule has 0 bridgehead atoms. The van der Waals surface area contributed by atoms with Gasteiger partial charge in [0.15, 0.2) is 0 Å². The van der Waals surface area contributed by atoms with Crippen molar-refractivity contribution in [1.82, 2.24) is 0 Å². The van der Waals surface area contributed by atoms with Gasteiger partial charge in [0.1, 0.15) is 0 Å². The highest BCUT2D eigenvalue weighted by atomic mass is 79.9. The van der Waals surface area contributed by atoms with Gasteiger partial charge < -0.3 is 4.74 Å². The molecule has 2 saturated carbocycles. The average molecular weight is 371 g/mol. The van der Waals surface area contributed by atoms with Gasteiger partial charge in [0.05, 0.1) is 28.1 Å². The van der Waals surface area contributed by atoms with Crippen LogP contribution < -0.4 is 0 Å². The number of carbonyl (C=O) groups is 1. The lowest BCUT2D eigenvalue weighted by Crippen LogP contribution is -2.09. The largest absolute Gasteiger partial charge is 0.462 e. The second kappa shape index (κ2) is 5.01. The first kappa shape index (κ1) is 14.9. The molecule has 0 saturated heterocycles. The molecule has 9 heteroatoms. The van der Waals surface area contributed by atoms with Gasteiger partial charge in [-0.25, -0.2) is 4.79 Å². The van der Waals surface area contributed by atoms with E-state index in [1.54, 1.807) is 0 Å². The highest BCUT2D eigenvalue weighted by molar-refractivity contribution is 9.09. The predicted molar refractivity (Wildman–Crippen MR) is 77.9 cm³/mol. The van der Waals surface area contributed by atoms with Crippen molar-refractivity contribution in [2.75, 3.05) is 6.61 Å². The maximum atomic E-state index is 12.0. The lowest BCUT2D eigenvalue weighted by Gasteiger charge is -2.04. The van der Waals surface area contributed by atoms with Crippen LogP contribution in [0.4, 0.5) is 11.4 Å². The molecule has 1 aromatic rings. The van der Waals surface area contributed by atoms with Gasteiger partial charge in [-0.1, -0.05) is 15.9 Å². The Morgan fingerprint density at radius 1 is 1.23 bits per heavy atom. The summed E-state index contributed by atoms with van der Waals surface area (Å²) in [7, 11) is 0. The molecule has 0 aliphatic heterocycles. The minimum absolute atomic E-state index is 0.179. The standard InChI is InChI=1S/C13H11BrN2O6/c14-11-5-13(11)4-8(13)6-22-12(17)7-1-9(15(18)19)3-10(2-7)16(20)21/h1-3,8,11H,4-6H2/t8-,11-,13-/m1/s1. The molecule has 0 N–H and O–H groups in total. The summed E-state index contributed by atoms with van der Waals surface area (Å²) < 4.78 is 5.14. The van der Waals surface area contributed by atoms with Crippen LogP contribution in [0.5, 0.6) is 0 Å². The van der Waals surface area contributed by atoms with Crippen molar-refractivity contribution in [2.24, 2.45) is 11.3 Å². The summed E-state index contributed by atoms with van der Waals surface area (Å²) in [5.74, 6) is -0.477. The molecule has 3 atom stereocenters. The van der Waals surface area contributed by atoms with Crippen molar-refractivity contribution >= 4 is 33.3 Å². The number of hydrogen-bond acceptors (Lipinski definition) is 6. The number of ether oxygens (including phenoxy) is 1. The monoisotopic (exact) mass is 370 g/mol. The molecule has 0 unspecified atom stereocenters. The van der Waals surface area contributed by atoms with Gasteiger partial charge in [-0.05, 0) is 18.3 Å². The van der Waals surface area contributed by atoms with E-state index in [0.717, 1.165) is 31.0 Å². The third-order valence-electron chi connectivity index (χ3n) is 4.28. The second-order valence-corrected chi connectivity index (χ2v) is 6.76. The Labute approximate surface area is 132 Å². The number of nitrogens with zero attached hydrogens (tertiary/aromatic N) is 2. The topological polar surface area (TPSA) is 113 Å². The van der Waals surface area contributed by atoms with E-state index in [-0.39, 0.29) is 17.6 Å². The Kier molecular flexibility index (Phi) is 3.39. The Hall–Kier alpha value is -2.03. The first-order chi connectivity index (χ1) is 10.3. The minimum atomic E-state index is -0.778. The molecule has 2 fully saturated rings. The molecule has 0 amide bonds. The number of hydrogen-bond donors (Lipinski definition) is 0. The quantitative estimate of drug-likeness (QED) is 0.340. The lowest BCUT2D eigenvalue weighted by atomic mass is 10.2. The molecule has 0 heterocycles. The van der Waals surface area contributed by atoms with Crippen LogP contribution in [0, 0.1) is 31.6 Å². The summed E-state index contributed by atoms with van der Waals surface area (Å²) in [6, 6.07) is 2.79. The fourth-order valence-electron chi connectivity index (χ4n) is 2.72. The average Bonchev–Trinajstić information content (AvgIpc) is 3.34. The van der Waals surface area contributed by atoms with Crippen LogP contribution in [0.2, 0.25) is 0 Å². The maximum absolute atomic E-state index is 12.0. The zero-order chi connectivity index (χ0) is 16.1. The van der Waals surface area contributed by atoms with E-state index >= 15 is 0 Å². The van der Waals surface area contributed by atoms with Crippen LogP contribution in [0.1, 0.15) is 23.2 Å². The van der Waals surface area contributed by atoms with Gasteiger partial charge in [0.2, 0.25) is 0 Å². The van der Waals surface area contributed by atoms with Crippen LogP contribution in [0.3, 0.4) is 0 Å². The minimum Gasteiger partial charge on any atom is -0.462 e. The molecule has 22 heavy (non-hydrogen) atoms. The smallest absolute Gasteiger partial charge is 0.338 e. The van der Waals surface area contributed by atoms with Crippen LogP contribution in [-0.4, -0.2) is 27.2 Å². The lowest BCUT2D eigenvalue weighted by molar-refractivity contribution is -0.394. The number of esters is 1. The number of halogens is 1. The number of nitro groups is 2. The van der Waals surface area contributed by atoms with Gasteiger partial charge in [0.25, 0.3) is 11.4 Å². The molecular weight excluding hydrogens is 360 g/mol.